The quantitative estimate of drug-likeness (QED) is 0.516. The zero-order chi connectivity index (χ0) is 12.5. The average molecular weight is 238 g/mol. The van der Waals surface area contributed by atoms with Crippen LogP contribution in [-0.2, 0) is 0 Å². The van der Waals surface area contributed by atoms with Crippen molar-refractivity contribution >= 4 is 0 Å². The Morgan fingerprint density at radius 3 is 2.82 bits per heavy atom. The maximum Gasteiger partial charge on any atom is 0.0190 e. The van der Waals surface area contributed by atoms with Gasteiger partial charge in [0.15, 0.2) is 0 Å². The second-order valence-electron chi connectivity index (χ2n) is 5.77. The molecule has 0 aromatic carbocycles. The zero-order valence-electron chi connectivity index (χ0n) is 12.0. The molecule has 0 fully saturated rings. The maximum absolute atomic E-state index is 3.51. The molecule has 0 radical (unpaired) electrons. The van der Waals surface area contributed by atoms with E-state index in [1.54, 1.807) is 5.57 Å². The van der Waals surface area contributed by atoms with Crippen LogP contribution in [0.2, 0.25) is 0 Å². The van der Waals surface area contributed by atoms with Crippen molar-refractivity contribution in [3.63, 3.8) is 0 Å². The molecule has 0 amide bonds. The Morgan fingerprint density at radius 1 is 1.29 bits per heavy atom. The molecule has 0 atom stereocenters. The largest absolute Gasteiger partial charge is 0.316 e. The minimum Gasteiger partial charge on any atom is -0.316 e. The van der Waals surface area contributed by atoms with Crippen LogP contribution in [0.15, 0.2) is 11.6 Å². The molecule has 17 heavy (non-hydrogen) atoms. The monoisotopic (exact) mass is 238 g/mol. The molecule has 0 aliphatic carbocycles. The van der Waals surface area contributed by atoms with Crippen molar-refractivity contribution in [3.8, 4) is 0 Å². The van der Waals surface area contributed by atoms with Crippen molar-refractivity contribution in [2.45, 2.75) is 46.5 Å². The molecule has 1 aliphatic heterocycles. The van der Waals surface area contributed by atoms with Gasteiger partial charge in [-0.3, -0.25) is 4.90 Å². The van der Waals surface area contributed by atoms with Crippen LogP contribution in [0.4, 0.5) is 0 Å². The van der Waals surface area contributed by atoms with Gasteiger partial charge >= 0.3 is 0 Å². The third-order valence-electron chi connectivity index (χ3n) is 3.29. The van der Waals surface area contributed by atoms with E-state index in [-0.39, 0.29) is 0 Å². The standard InChI is InChI=1S/C15H30N2/c1-14(2)12-16-9-5-4-6-10-17-11-7-8-15(3)13-17/h8,14,16H,4-7,9-13H2,1-3H3. The first-order valence-electron chi connectivity index (χ1n) is 7.27. The lowest BCUT2D eigenvalue weighted by Crippen LogP contribution is -2.30. The lowest BCUT2D eigenvalue weighted by Gasteiger charge is -2.25. The van der Waals surface area contributed by atoms with Gasteiger partial charge < -0.3 is 5.32 Å². The molecule has 0 unspecified atom stereocenters. The van der Waals surface area contributed by atoms with E-state index in [2.05, 4.69) is 37.1 Å². The lowest BCUT2D eigenvalue weighted by atomic mass is 10.1. The lowest BCUT2D eigenvalue weighted by molar-refractivity contribution is 0.283. The first kappa shape index (κ1) is 14.7. The summed E-state index contributed by atoms with van der Waals surface area (Å²) in [6.07, 6.45) is 7.69. The molecule has 1 aliphatic rings. The minimum absolute atomic E-state index is 0.776. The third kappa shape index (κ3) is 7.56. The molecule has 0 saturated heterocycles. The second kappa shape index (κ2) is 8.71. The Morgan fingerprint density at radius 2 is 2.12 bits per heavy atom. The van der Waals surface area contributed by atoms with Gasteiger partial charge in [0.2, 0.25) is 0 Å². The fourth-order valence-corrected chi connectivity index (χ4v) is 2.33. The first-order chi connectivity index (χ1) is 8.18. The van der Waals surface area contributed by atoms with Gasteiger partial charge in [0.1, 0.15) is 0 Å². The third-order valence-corrected chi connectivity index (χ3v) is 3.29. The van der Waals surface area contributed by atoms with Crippen LogP contribution in [-0.4, -0.2) is 37.6 Å². The van der Waals surface area contributed by atoms with Gasteiger partial charge in [-0.05, 0) is 51.7 Å². The van der Waals surface area contributed by atoms with E-state index in [1.807, 2.05) is 0 Å². The van der Waals surface area contributed by atoms with Crippen molar-refractivity contribution < 1.29 is 0 Å². The molecule has 1 rings (SSSR count). The van der Waals surface area contributed by atoms with Crippen molar-refractivity contribution in [2.24, 2.45) is 5.92 Å². The van der Waals surface area contributed by atoms with Crippen LogP contribution >= 0.6 is 0 Å². The predicted molar refractivity (Wildman–Crippen MR) is 76.4 cm³/mol. The number of hydrogen-bond acceptors (Lipinski definition) is 2. The van der Waals surface area contributed by atoms with E-state index < -0.39 is 0 Å². The first-order valence-corrected chi connectivity index (χ1v) is 7.27. The van der Waals surface area contributed by atoms with E-state index in [1.165, 1.54) is 51.9 Å². The van der Waals surface area contributed by atoms with Crippen LogP contribution in [0, 0.1) is 5.92 Å². The van der Waals surface area contributed by atoms with E-state index in [4.69, 9.17) is 0 Å². The number of nitrogens with one attached hydrogen (secondary N) is 1. The summed E-state index contributed by atoms with van der Waals surface area (Å²) < 4.78 is 0. The number of nitrogens with zero attached hydrogens (tertiary/aromatic N) is 1. The van der Waals surface area contributed by atoms with Crippen LogP contribution in [0.25, 0.3) is 0 Å². The summed E-state index contributed by atoms with van der Waals surface area (Å²) in [6, 6.07) is 0. The van der Waals surface area contributed by atoms with Gasteiger partial charge in [0.05, 0.1) is 0 Å². The Labute approximate surface area is 107 Å². The van der Waals surface area contributed by atoms with Gasteiger partial charge in [0.25, 0.3) is 0 Å². The molecular formula is C15H30N2. The van der Waals surface area contributed by atoms with Gasteiger partial charge in [-0.25, -0.2) is 0 Å². The fraction of sp³-hybridized carbons (Fsp3) is 0.867. The molecule has 1 N–H and O–H groups in total. The fourth-order valence-electron chi connectivity index (χ4n) is 2.33. The van der Waals surface area contributed by atoms with Crippen molar-refractivity contribution in [1.29, 1.82) is 0 Å². The van der Waals surface area contributed by atoms with E-state index in [0.717, 1.165) is 12.5 Å². The molecule has 0 spiro atoms. The summed E-state index contributed by atoms with van der Waals surface area (Å²) >= 11 is 0. The van der Waals surface area contributed by atoms with Crippen LogP contribution in [0.1, 0.15) is 46.5 Å². The topological polar surface area (TPSA) is 15.3 Å². The number of hydrogen-bond donors (Lipinski definition) is 1. The highest BCUT2D eigenvalue weighted by atomic mass is 15.1. The summed E-state index contributed by atoms with van der Waals surface area (Å²) in [5, 5.41) is 3.51. The predicted octanol–water partition coefficient (Wildman–Crippen LogP) is 3.05. The second-order valence-corrected chi connectivity index (χ2v) is 5.77. The average Bonchev–Trinajstić information content (AvgIpc) is 2.27. The summed E-state index contributed by atoms with van der Waals surface area (Å²) in [6.45, 7) is 12.9. The normalized spacial score (nSPS) is 17.5. The molecule has 0 bridgehead atoms. The van der Waals surface area contributed by atoms with Crippen LogP contribution in [0.3, 0.4) is 0 Å². The SMILES string of the molecule is CC1=CCCN(CCCCCNCC(C)C)C1. The van der Waals surface area contributed by atoms with Crippen molar-refractivity contribution in [2.75, 3.05) is 32.7 Å². The Balaban J connectivity index is 1.89. The highest BCUT2D eigenvalue weighted by molar-refractivity contribution is 5.04. The molecule has 100 valence electrons. The molecule has 2 nitrogen and oxygen atoms in total. The smallest absolute Gasteiger partial charge is 0.0190 e. The minimum atomic E-state index is 0.776. The maximum atomic E-state index is 3.51. The van der Waals surface area contributed by atoms with Crippen molar-refractivity contribution in [1.82, 2.24) is 10.2 Å². The molecule has 0 aromatic heterocycles. The Bertz CT molecular complexity index is 221. The molecule has 2 heteroatoms. The van der Waals surface area contributed by atoms with E-state index >= 15 is 0 Å². The van der Waals surface area contributed by atoms with Gasteiger partial charge in [-0.2, -0.15) is 0 Å². The summed E-state index contributed by atoms with van der Waals surface area (Å²) in [4.78, 5) is 2.59. The van der Waals surface area contributed by atoms with Gasteiger partial charge in [0, 0.05) is 13.1 Å². The van der Waals surface area contributed by atoms with Crippen LogP contribution in [0.5, 0.6) is 0 Å². The molecular weight excluding hydrogens is 208 g/mol. The number of unbranched alkanes of at least 4 members (excludes halogenated alkanes) is 2. The summed E-state index contributed by atoms with van der Waals surface area (Å²) in [7, 11) is 0. The van der Waals surface area contributed by atoms with Gasteiger partial charge in [-0.1, -0.05) is 31.9 Å². The summed E-state index contributed by atoms with van der Waals surface area (Å²) in [5.41, 5.74) is 1.55. The highest BCUT2D eigenvalue weighted by Crippen LogP contribution is 2.09. The highest BCUT2D eigenvalue weighted by Gasteiger charge is 2.08. The number of rotatable bonds is 8. The van der Waals surface area contributed by atoms with Crippen molar-refractivity contribution in [3.05, 3.63) is 11.6 Å². The zero-order valence-corrected chi connectivity index (χ0v) is 12.0. The Hall–Kier alpha value is -0.340. The van der Waals surface area contributed by atoms with Crippen LogP contribution < -0.4 is 5.32 Å². The molecule has 1 heterocycles. The van der Waals surface area contributed by atoms with Gasteiger partial charge in [-0.15, -0.1) is 0 Å². The van der Waals surface area contributed by atoms with E-state index in [0.29, 0.717) is 0 Å². The van der Waals surface area contributed by atoms with E-state index in [9.17, 15) is 0 Å². The Kier molecular flexibility index (Phi) is 7.54. The molecule has 0 aromatic rings. The summed E-state index contributed by atoms with van der Waals surface area (Å²) in [5.74, 6) is 0.776. The molecule has 0 saturated carbocycles.